The number of carbonyl (C=O) groups excluding carboxylic acids is 4. The monoisotopic (exact) mass is 563 g/mol. The van der Waals surface area contributed by atoms with Crippen LogP contribution in [0.3, 0.4) is 0 Å². The second kappa shape index (κ2) is 13.6. The SMILES string of the molecule is CCCC(C[C@@H](CNC(=O)C(=O)Nc1ccc(Cl)cn1)NC(=O)c1nc2c(s1)CN(C)CC2)C(=O)N(C)C. The quantitative estimate of drug-likeness (QED) is 0.376. The summed E-state index contributed by atoms with van der Waals surface area (Å²) in [6.45, 7) is 3.57. The van der Waals surface area contributed by atoms with Crippen molar-refractivity contribution in [2.75, 3.05) is 39.5 Å². The number of anilines is 1. The molecule has 4 amide bonds. The first kappa shape index (κ1) is 29.5. The van der Waals surface area contributed by atoms with Gasteiger partial charge in [0, 0.05) is 63.2 Å². The molecule has 0 bridgehead atoms. The van der Waals surface area contributed by atoms with E-state index in [1.54, 1.807) is 14.1 Å². The summed E-state index contributed by atoms with van der Waals surface area (Å²) in [7, 11) is 5.40. The van der Waals surface area contributed by atoms with Crippen molar-refractivity contribution < 1.29 is 19.2 Å². The lowest BCUT2D eigenvalue weighted by atomic mass is 9.93. The molecule has 206 valence electrons. The number of hydrogen-bond donors (Lipinski definition) is 3. The van der Waals surface area contributed by atoms with E-state index in [-0.39, 0.29) is 30.1 Å². The van der Waals surface area contributed by atoms with Crippen LogP contribution in [0, 0.1) is 5.92 Å². The van der Waals surface area contributed by atoms with E-state index < -0.39 is 17.9 Å². The van der Waals surface area contributed by atoms with E-state index >= 15 is 0 Å². The van der Waals surface area contributed by atoms with E-state index in [4.69, 9.17) is 11.6 Å². The molecule has 3 N–H and O–H groups in total. The fourth-order valence-corrected chi connectivity index (χ4v) is 5.38. The lowest BCUT2D eigenvalue weighted by Gasteiger charge is -2.26. The van der Waals surface area contributed by atoms with Crippen molar-refractivity contribution in [3.63, 3.8) is 0 Å². The molecule has 0 radical (unpaired) electrons. The number of nitrogens with one attached hydrogen (secondary N) is 3. The highest BCUT2D eigenvalue weighted by Gasteiger charge is 2.28. The van der Waals surface area contributed by atoms with Crippen molar-refractivity contribution in [1.82, 2.24) is 30.4 Å². The summed E-state index contributed by atoms with van der Waals surface area (Å²) in [5.74, 6) is -2.40. The maximum absolute atomic E-state index is 13.2. The van der Waals surface area contributed by atoms with Gasteiger partial charge in [0.05, 0.1) is 10.7 Å². The van der Waals surface area contributed by atoms with E-state index in [0.717, 1.165) is 36.5 Å². The van der Waals surface area contributed by atoms with Gasteiger partial charge in [0.15, 0.2) is 5.01 Å². The van der Waals surface area contributed by atoms with Gasteiger partial charge in [0.25, 0.3) is 5.91 Å². The van der Waals surface area contributed by atoms with Crippen LogP contribution in [0.25, 0.3) is 0 Å². The zero-order valence-corrected chi connectivity index (χ0v) is 23.6. The average Bonchev–Trinajstić information content (AvgIpc) is 3.31. The molecule has 0 aromatic carbocycles. The third kappa shape index (κ3) is 8.20. The van der Waals surface area contributed by atoms with Crippen LogP contribution in [0.15, 0.2) is 18.3 Å². The number of amides is 4. The van der Waals surface area contributed by atoms with Crippen LogP contribution >= 0.6 is 22.9 Å². The Morgan fingerprint density at radius 2 is 1.97 bits per heavy atom. The lowest BCUT2D eigenvalue weighted by molar-refractivity contribution is -0.136. The van der Waals surface area contributed by atoms with Crippen molar-refractivity contribution in [2.24, 2.45) is 5.92 Å². The molecule has 2 aromatic heterocycles. The summed E-state index contributed by atoms with van der Waals surface area (Å²) >= 11 is 7.15. The van der Waals surface area contributed by atoms with E-state index in [1.165, 1.54) is 34.6 Å². The topological polar surface area (TPSA) is 137 Å². The van der Waals surface area contributed by atoms with Crippen molar-refractivity contribution >= 4 is 52.4 Å². The molecule has 0 saturated carbocycles. The summed E-state index contributed by atoms with van der Waals surface area (Å²) in [6, 6.07) is 2.42. The highest BCUT2D eigenvalue weighted by atomic mass is 35.5. The van der Waals surface area contributed by atoms with Crippen LogP contribution < -0.4 is 16.0 Å². The van der Waals surface area contributed by atoms with Gasteiger partial charge in [-0.15, -0.1) is 11.3 Å². The third-order valence-electron chi connectivity index (χ3n) is 6.13. The first-order valence-electron chi connectivity index (χ1n) is 12.5. The number of likely N-dealkylation sites (N-methyl/N-ethyl adjacent to an activating group) is 1. The summed E-state index contributed by atoms with van der Waals surface area (Å²) in [5.41, 5.74) is 0.933. The number of thiazole rings is 1. The molecule has 3 rings (SSSR count). The average molecular weight is 564 g/mol. The molecular formula is C25H34ClN7O4S. The van der Waals surface area contributed by atoms with Crippen LogP contribution in [0.5, 0.6) is 0 Å². The Balaban J connectivity index is 1.70. The second-order valence-corrected chi connectivity index (χ2v) is 11.0. The van der Waals surface area contributed by atoms with Gasteiger partial charge in [-0.25, -0.2) is 9.97 Å². The van der Waals surface area contributed by atoms with Gasteiger partial charge in [-0.05, 0) is 32.0 Å². The molecule has 11 nitrogen and oxygen atoms in total. The first-order valence-corrected chi connectivity index (χ1v) is 13.7. The Morgan fingerprint density at radius 1 is 1.21 bits per heavy atom. The number of fused-ring (bicyclic) bond motifs is 1. The second-order valence-electron chi connectivity index (χ2n) is 9.53. The van der Waals surface area contributed by atoms with Crippen molar-refractivity contribution in [3.8, 4) is 0 Å². The fourth-order valence-electron chi connectivity index (χ4n) is 4.18. The Hall–Kier alpha value is -3.09. The number of hydrogen-bond acceptors (Lipinski definition) is 8. The predicted octanol–water partition coefficient (Wildman–Crippen LogP) is 1.93. The van der Waals surface area contributed by atoms with Crippen molar-refractivity contribution in [2.45, 2.75) is 45.2 Å². The summed E-state index contributed by atoms with van der Waals surface area (Å²) in [4.78, 5) is 64.1. The number of carbonyl (C=O) groups is 4. The van der Waals surface area contributed by atoms with Crippen LogP contribution in [0.4, 0.5) is 5.82 Å². The Labute approximate surface area is 231 Å². The zero-order chi connectivity index (χ0) is 27.8. The van der Waals surface area contributed by atoms with E-state index in [0.29, 0.717) is 22.9 Å². The molecular weight excluding hydrogens is 530 g/mol. The standard InChI is InChI=1S/C25H34ClN7O4S/c1-5-6-15(25(37)32(2)3)11-17(13-28-21(34)22(35)31-20-8-7-16(26)12-27-20)29-23(36)24-30-18-9-10-33(4)14-19(18)38-24/h7-8,12,15,17H,5-6,9-11,13-14H2,1-4H3,(H,28,34)(H,29,36)(H,27,31,35)/t15?,17-/m0/s1. The summed E-state index contributed by atoms with van der Waals surface area (Å²) < 4.78 is 0. The largest absolute Gasteiger partial charge is 0.349 e. The summed E-state index contributed by atoms with van der Waals surface area (Å²) in [5, 5.41) is 8.66. The maximum Gasteiger partial charge on any atom is 0.314 e. The highest BCUT2D eigenvalue weighted by molar-refractivity contribution is 7.13. The number of pyridine rings is 1. The molecule has 0 saturated heterocycles. The van der Waals surface area contributed by atoms with Crippen LogP contribution in [-0.2, 0) is 27.3 Å². The molecule has 2 aromatic rings. The minimum absolute atomic E-state index is 0.0409. The molecule has 1 aliphatic heterocycles. The Kier molecular flexibility index (Phi) is 10.6. The van der Waals surface area contributed by atoms with E-state index in [1.807, 2.05) is 14.0 Å². The van der Waals surface area contributed by atoms with Gasteiger partial charge in [-0.2, -0.15) is 0 Å². The van der Waals surface area contributed by atoms with Gasteiger partial charge in [-0.3, -0.25) is 19.2 Å². The molecule has 2 atom stereocenters. The van der Waals surface area contributed by atoms with Gasteiger partial charge >= 0.3 is 11.8 Å². The Morgan fingerprint density at radius 3 is 2.63 bits per heavy atom. The number of aromatic nitrogens is 2. The highest BCUT2D eigenvalue weighted by Crippen LogP contribution is 2.25. The smallest absolute Gasteiger partial charge is 0.314 e. The maximum atomic E-state index is 13.2. The predicted molar refractivity (Wildman–Crippen MR) is 146 cm³/mol. The molecule has 0 aliphatic carbocycles. The normalized spacial score (nSPS) is 14.7. The van der Waals surface area contributed by atoms with Gasteiger partial charge in [0.1, 0.15) is 5.82 Å². The molecule has 0 spiro atoms. The minimum atomic E-state index is -0.906. The first-order chi connectivity index (χ1) is 18.1. The van der Waals surface area contributed by atoms with E-state index in [2.05, 4.69) is 30.8 Å². The number of rotatable bonds is 10. The van der Waals surface area contributed by atoms with Crippen LogP contribution in [0.1, 0.15) is 46.6 Å². The summed E-state index contributed by atoms with van der Waals surface area (Å²) in [6.07, 6.45) is 3.83. The van der Waals surface area contributed by atoms with Crippen LogP contribution in [0.2, 0.25) is 5.02 Å². The Bertz CT molecular complexity index is 1160. The molecule has 1 unspecified atom stereocenters. The van der Waals surface area contributed by atoms with Gasteiger partial charge < -0.3 is 25.8 Å². The van der Waals surface area contributed by atoms with Crippen molar-refractivity contribution in [3.05, 3.63) is 38.9 Å². The van der Waals surface area contributed by atoms with Crippen LogP contribution in [-0.4, -0.2) is 83.7 Å². The third-order valence-corrected chi connectivity index (χ3v) is 7.44. The lowest BCUT2D eigenvalue weighted by Crippen LogP contribution is -2.48. The molecule has 1 aliphatic rings. The molecule has 38 heavy (non-hydrogen) atoms. The molecule has 3 heterocycles. The number of nitrogens with zero attached hydrogens (tertiary/aromatic N) is 4. The molecule has 13 heteroatoms. The molecule has 0 fully saturated rings. The van der Waals surface area contributed by atoms with E-state index in [9.17, 15) is 19.2 Å². The van der Waals surface area contributed by atoms with Crippen molar-refractivity contribution in [1.29, 1.82) is 0 Å². The zero-order valence-electron chi connectivity index (χ0n) is 22.0. The van der Waals surface area contributed by atoms with Gasteiger partial charge in [0.2, 0.25) is 5.91 Å². The van der Waals surface area contributed by atoms with Gasteiger partial charge in [-0.1, -0.05) is 24.9 Å². The fraction of sp³-hybridized carbons (Fsp3) is 0.520. The minimum Gasteiger partial charge on any atom is -0.349 e. The number of halogens is 1.